The summed E-state index contributed by atoms with van der Waals surface area (Å²) in [5.41, 5.74) is 0.565. The van der Waals surface area contributed by atoms with Crippen LogP contribution in [0.25, 0.3) is 11.4 Å². The van der Waals surface area contributed by atoms with E-state index >= 15 is 0 Å². The third-order valence-electron chi connectivity index (χ3n) is 2.98. The lowest BCUT2D eigenvalue weighted by molar-refractivity contribution is 0.0685. The molecule has 0 amide bonds. The van der Waals surface area contributed by atoms with Gasteiger partial charge in [0.2, 0.25) is 0 Å². The fraction of sp³-hybridized carbons (Fsp3) is 0. The summed E-state index contributed by atoms with van der Waals surface area (Å²) in [5.74, 6) is -2.85. The average Bonchev–Trinajstić information content (AvgIpc) is 2.71. The Balaban J connectivity index is 2.21. The highest BCUT2D eigenvalue weighted by Gasteiger charge is 2.31. The number of ketones is 1. The second kappa shape index (κ2) is 3.95. The number of hydrogen-bond acceptors (Lipinski definition) is 5. The molecule has 0 aliphatic heterocycles. The molecule has 0 atom stereocenters. The molecule has 1 aliphatic rings. The quantitative estimate of drug-likeness (QED) is 0.715. The molecular formula is C13H6N2O5. The van der Waals surface area contributed by atoms with E-state index in [2.05, 4.69) is 9.97 Å². The zero-order valence-electron chi connectivity index (χ0n) is 9.82. The van der Waals surface area contributed by atoms with Crippen molar-refractivity contribution in [1.82, 2.24) is 9.97 Å². The third kappa shape index (κ3) is 1.57. The number of nitrogens with zero attached hydrogens (tertiary/aromatic N) is 2. The summed E-state index contributed by atoms with van der Waals surface area (Å²) in [6.07, 6.45) is 2.27. The van der Waals surface area contributed by atoms with Gasteiger partial charge in [-0.05, 0) is 12.1 Å². The Morgan fingerprint density at radius 2 is 1.25 bits per heavy atom. The van der Waals surface area contributed by atoms with E-state index < -0.39 is 17.7 Å². The highest BCUT2D eigenvalue weighted by molar-refractivity contribution is 6.21. The summed E-state index contributed by atoms with van der Waals surface area (Å²) >= 11 is 0. The van der Waals surface area contributed by atoms with Crippen LogP contribution >= 0.6 is 0 Å². The first-order valence-corrected chi connectivity index (χ1v) is 5.51. The number of carboxylic acid groups (broad SMARTS) is 2. The van der Waals surface area contributed by atoms with Gasteiger partial charge in [0.15, 0.2) is 5.78 Å². The second-order valence-electron chi connectivity index (χ2n) is 4.18. The zero-order chi connectivity index (χ0) is 14.4. The molecule has 0 bridgehead atoms. The number of aromatic nitrogens is 2. The Morgan fingerprint density at radius 1 is 0.850 bits per heavy atom. The van der Waals surface area contributed by atoms with Gasteiger partial charge < -0.3 is 10.2 Å². The molecule has 0 saturated heterocycles. The van der Waals surface area contributed by atoms with E-state index in [0.717, 1.165) is 12.4 Å². The van der Waals surface area contributed by atoms with E-state index in [1.54, 1.807) is 0 Å². The first-order valence-electron chi connectivity index (χ1n) is 5.51. The Labute approximate surface area is 111 Å². The molecule has 0 aromatic carbocycles. The monoisotopic (exact) mass is 270 g/mol. The molecule has 7 nitrogen and oxygen atoms in total. The average molecular weight is 270 g/mol. The fourth-order valence-electron chi connectivity index (χ4n) is 2.03. The zero-order valence-corrected chi connectivity index (χ0v) is 9.82. The van der Waals surface area contributed by atoms with Crippen LogP contribution in [0.5, 0.6) is 0 Å². The number of carbonyl (C=O) groups excluding carboxylic acids is 1. The van der Waals surface area contributed by atoms with Crippen molar-refractivity contribution in [3.8, 4) is 11.4 Å². The summed E-state index contributed by atoms with van der Waals surface area (Å²) in [6.45, 7) is 0. The predicted molar refractivity (Wildman–Crippen MR) is 64.8 cm³/mol. The Kier molecular flexibility index (Phi) is 2.37. The van der Waals surface area contributed by atoms with Crippen molar-refractivity contribution in [2.24, 2.45) is 0 Å². The SMILES string of the molecule is O=C(O)c1cnc2c(c1)C(=O)c1cc(C(=O)O)cnc1-2. The van der Waals surface area contributed by atoms with Gasteiger partial charge in [-0.1, -0.05) is 0 Å². The van der Waals surface area contributed by atoms with Crippen LogP contribution in [0.1, 0.15) is 36.6 Å². The van der Waals surface area contributed by atoms with Crippen LogP contribution in [0.4, 0.5) is 0 Å². The molecule has 0 spiro atoms. The molecule has 3 rings (SSSR count). The standard InChI is InChI=1S/C13H6N2O5/c16-11-7-1-5(12(17)18)3-14-9(7)10-8(11)2-6(4-15-10)13(19)20/h1-4H,(H,17,18)(H,19,20). The van der Waals surface area contributed by atoms with Gasteiger partial charge in [-0.3, -0.25) is 14.8 Å². The molecule has 2 heterocycles. The first kappa shape index (κ1) is 12.0. The van der Waals surface area contributed by atoms with Crippen LogP contribution in [0.3, 0.4) is 0 Å². The van der Waals surface area contributed by atoms with Gasteiger partial charge in [-0.2, -0.15) is 0 Å². The van der Waals surface area contributed by atoms with Crippen LogP contribution in [-0.4, -0.2) is 37.9 Å². The normalized spacial score (nSPS) is 11.9. The maximum atomic E-state index is 12.2. The first-order chi connectivity index (χ1) is 9.49. The van der Waals surface area contributed by atoms with Gasteiger partial charge in [0.25, 0.3) is 0 Å². The lowest BCUT2D eigenvalue weighted by atomic mass is 10.1. The molecule has 20 heavy (non-hydrogen) atoms. The number of hydrogen-bond donors (Lipinski definition) is 2. The number of rotatable bonds is 2. The lowest BCUT2D eigenvalue weighted by Gasteiger charge is -1.99. The topological polar surface area (TPSA) is 117 Å². The van der Waals surface area contributed by atoms with Crippen molar-refractivity contribution < 1.29 is 24.6 Å². The largest absolute Gasteiger partial charge is 0.478 e. The Bertz CT molecular complexity index is 732. The summed E-state index contributed by atoms with van der Waals surface area (Å²) in [7, 11) is 0. The second-order valence-corrected chi connectivity index (χ2v) is 4.18. The van der Waals surface area contributed by atoms with Gasteiger partial charge in [0.05, 0.1) is 22.3 Å². The van der Waals surface area contributed by atoms with Gasteiger partial charge >= 0.3 is 11.9 Å². The van der Waals surface area contributed by atoms with E-state index in [1.165, 1.54) is 12.1 Å². The minimum atomic E-state index is -1.19. The molecule has 0 fully saturated rings. The van der Waals surface area contributed by atoms with Crippen LogP contribution in [-0.2, 0) is 0 Å². The number of carboxylic acids is 2. The maximum Gasteiger partial charge on any atom is 0.337 e. The van der Waals surface area contributed by atoms with E-state index in [0.29, 0.717) is 0 Å². The molecule has 0 unspecified atom stereocenters. The van der Waals surface area contributed by atoms with Crippen LogP contribution in [0.15, 0.2) is 24.5 Å². The molecule has 2 aromatic heterocycles. The van der Waals surface area contributed by atoms with E-state index in [9.17, 15) is 14.4 Å². The lowest BCUT2D eigenvalue weighted by Crippen LogP contribution is -2.03. The molecule has 7 heteroatoms. The van der Waals surface area contributed by atoms with Crippen molar-refractivity contribution in [3.05, 3.63) is 46.8 Å². The van der Waals surface area contributed by atoms with Crippen molar-refractivity contribution in [2.75, 3.05) is 0 Å². The molecule has 0 saturated carbocycles. The van der Waals surface area contributed by atoms with E-state index in [1.807, 2.05) is 0 Å². The smallest absolute Gasteiger partial charge is 0.337 e. The van der Waals surface area contributed by atoms with Crippen LogP contribution < -0.4 is 0 Å². The fourth-order valence-corrected chi connectivity index (χ4v) is 2.03. The Hall–Kier alpha value is -3.09. The van der Waals surface area contributed by atoms with Crippen LogP contribution in [0.2, 0.25) is 0 Å². The molecule has 0 radical (unpaired) electrons. The van der Waals surface area contributed by atoms with E-state index in [4.69, 9.17) is 10.2 Å². The number of fused-ring (bicyclic) bond motifs is 3. The number of carbonyl (C=O) groups is 3. The third-order valence-corrected chi connectivity index (χ3v) is 2.98. The molecule has 2 aromatic rings. The predicted octanol–water partition coefficient (Wildman–Crippen LogP) is 1.08. The minimum absolute atomic E-state index is 0.108. The van der Waals surface area contributed by atoms with Crippen molar-refractivity contribution in [3.63, 3.8) is 0 Å². The summed E-state index contributed by atoms with van der Waals surface area (Å²) in [4.78, 5) is 41.8. The summed E-state index contributed by atoms with van der Waals surface area (Å²) in [5, 5.41) is 17.8. The van der Waals surface area contributed by atoms with Gasteiger partial charge in [-0.15, -0.1) is 0 Å². The van der Waals surface area contributed by atoms with Crippen LogP contribution in [0, 0.1) is 0 Å². The van der Waals surface area contributed by atoms with Crippen molar-refractivity contribution in [2.45, 2.75) is 0 Å². The molecular weight excluding hydrogens is 264 g/mol. The highest BCUT2D eigenvalue weighted by atomic mass is 16.4. The number of pyridine rings is 2. The van der Waals surface area contributed by atoms with Gasteiger partial charge in [0.1, 0.15) is 11.4 Å². The van der Waals surface area contributed by atoms with Crippen molar-refractivity contribution in [1.29, 1.82) is 0 Å². The molecule has 1 aliphatic carbocycles. The van der Waals surface area contributed by atoms with E-state index in [-0.39, 0.29) is 33.6 Å². The maximum absolute atomic E-state index is 12.2. The highest BCUT2D eigenvalue weighted by Crippen LogP contribution is 2.34. The molecule has 2 N–H and O–H groups in total. The summed E-state index contributed by atoms with van der Waals surface area (Å²) < 4.78 is 0. The van der Waals surface area contributed by atoms with Crippen molar-refractivity contribution >= 4 is 17.7 Å². The van der Waals surface area contributed by atoms with Gasteiger partial charge in [0, 0.05) is 12.4 Å². The Morgan fingerprint density at radius 3 is 1.60 bits per heavy atom. The number of aromatic carboxylic acids is 2. The van der Waals surface area contributed by atoms with Gasteiger partial charge in [-0.25, -0.2) is 9.59 Å². The molecule has 98 valence electrons. The summed E-state index contributed by atoms with van der Waals surface area (Å²) in [6, 6.07) is 2.43. The minimum Gasteiger partial charge on any atom is -0.478 e.